The summed E-state index contributed by atoms with van der Waals surface area (Å²) in [6.07, 6.45) is 5.82. The van der Waals surface area contributed by atoms with Crippen LogP contribution < -0.4 is 5.32 Å². The van der Waals surface area contributed by atoms with E-state index in [-0.39, 0.29) is 5.83 Å². The summed E-state index contributed by atoms with van der Waals surface area (Å²) in [4.78, 5) is 3.74. The second kappa shape index (κ2) is 5.50. The molecule has 0 saturated carbocycles. The van der Waals surface area contributed by atoms with Gasteiger partial charge in [-0.3, -0.25) is 4.99 Å². The minimum Gasteiger partial charge on any atom is -0.313 e. The lowest BCUT2D eigenvalue weighted by Crippen LogP contribution is -2.21. The van der Waals surface area contributed by atoms with E-state index in [1.807, 2.05) is 6.08 Å². The van der Waals surface area contributed by atoms with Gasteiger partial charge in [0.05, 0.1) is 0 Å². The molecule has 1 heterocycles. The van der Waals surface area contributed by atoms with Crippen molar-refractivity contribution in [3.05, 3.63) is 35.3 Å². The molecular formula is C11H15FN2. The van der Waals surface area contributed by atoms with Gasteiger partial charge in [0, 0.05) is 6.54 Å². The first-order chi connectivity index (χ1) is 6.79. The van der Waals surface area contributed by atoms with Crippen LogP contribution in [0.4, 0.5) is 4.39 Å². The fraction of sp³-hybridized carbons (Fsp3) is 0.364. The van der Waals surface area contributed by atoms with Crippen LogP contribution in [0.5, 0.6) is 0 Å². The van der Waals surface area contributed by atoms with Crippen LogP contribution in [-0.2, 0) is 0 Å². The van der Waals surface area contributed by atoms with Gasteiger partial charge in [-0.25, -0.2) is 4.39 Å². The lowest BCUT2D eigenvalue weighted by molar-refractivity contribution is 0.644. The third kappa shape index (κ3) is 2.64. The maximum Gasteiger partial charge on any atom is 0.148 e. The fourth-order valence-corrected chi connectivity index (χ4v) is 1.39. The molecular weight excluding hydrogens is 179 g/mol. The van der Waals surface area contributed by atoms with Crippen LogP contribution in [0.15, 0.2) is 40.3 Å². The van der Waals surface area contributed by atoms with Crippen LogP contribution in [-0.4, -0.2) is 19.8 Å². The van der Waals surface area contributed by atoms with Crippen molar-refractivity contribution in [2.75, 3.05) is 13.1 Å². The maximum absolute atomic E-state index is 13.5. The van der Waals surface area contributed by atoms with Crippen molar-refractivity contribution in [3.8, 4) is 0 Å². The molecule has 0 spiro atoms. The highest BCUT2D eigenvalue weighted by molar-refractivity contribution is 5.43. The van der Waals surface area contributed by atoms with Crippen molar-refractivity contribution in [1.29, 1.82) is 0 Å². The minimum absolute atomic E-state index is 0.310. The molecule has 2 nitrogen and oxygen atoms in total. The van der Waals surface area contributed by atoms with E-state index in [2.05, 4.69) is 17.0 Å². The van der Waals surface area contributed by atoms with Crippen LogP contribution >= 0.6 is 0 Å². The van der Waals surface area contributed by atoms with Crippen molar-refractivity contribution in [2.45, 2.75) is 13.3 Å². The first-order valence-corrected chi connectivity index (χ1v) is 4.69. The summed E-state index contributed by atoms with van der Waals surface area (Å²) < 4.78 is 13.5. The highest BCUT2D eigenvalue weighted by Gasteiger charge is 2.10. The van der Waals surface area contributed by atoms with Crippen molar-refractivity contribution < 1.29 is 4.39 Å². The normalized spacial score (nSPS) is 19.1. The number of aliphatic imine (C=N–C) groups is 1. The SMILES string of the molecule is C=N/C(C1=CCNCC1)=C(F)\C=C/C. The molecule has 0 unspecified atom stereocenters. The van der Waals surface area contributed by atoms with Crippen molar-refractivity contribution in [2.24, 2.45) is 4.99 Å². The molecule has 0 atom stereocenters. The second-order valence-electron chi connectivity index (χ2n) is 3.04. The molecule has 0 aromatic rings. The highest BCUT2D eigenvalue weighted by Crippen LogP contribution is 2.22. The van der Waals surface area contributed by atoms with E-state index in [1.54, 1.807) is 13.0 Å². The van der Waals surface area contributed by atoms with Gasteiger partial charge in [-0.2, -0.15) is 0 Å². The number of nitrogens with zero attached hydrogens (tertiary/aromatic N) is 1. The molecule has 1 rings (SSSR count). The Morgan fingerprint density at radius 2 is 2.50 bits per heavy atom. The zero-order valence-electron chi connectivity index (χ0n) is 8.39. The fourth-order valence-electron chi connectivity index (χ4n) is 1.39. The summed E-state index contributed by atoms with van der Waals surface area (Å²) in [6.45, 7) is 6.82. The number of rotatable bonds is 3. The summed E-state index contributed by atoms with van der Waals surface area (Å²) in [5.41, 5.74) is 1.32. The predicted molar refractivity (Wildman–Crippen MR) is 58.1 cm³/mol. The number of nitrogens with one attached hydrogen (secondary N) is 1. The van der Waals surface area contributed by atoms with Crippen molar-refractivity contribution in [1.82, 2.24) is 5.32 Å². The van der Waals surface area contributed by atoms with Crippen LogP contribution in [0.1, 0.15) is 13.3 Å². The monoisotopic (exact) mass is 194 g/mol. The standard InChI is InChI=1S/C11H15FN2/c1-3-4-10(12)11(13-2)9-5-7-14-8-6-9/h3-5,14H,2,6-8H2,1H3/b4-3-,11-10+. The van der Waals surface area contributed by atoms with Crippen LogP contribution in [0.3, 0.4) is 0 Å². The van der Waals surface area contributed by atoms with E-state index in [4.69, 9.17) is 0 Å². The third-order valence-corrected chi connectivity index (χ3v) is 2.07. The van der Waals surface area contributed by atoms with Crippen molar-refractivity contribution >= 4 is 6.72 Å². The molecule has 1 aliphatic rings. The largest absolute Gasteiger partial charge is 0.313 e. The number of halogens is 1. The van der Waals surface area contributed by atoms with E-state index in [0.29, 0.717) is 5.70 Å². The maximum atomic E-state index is 13.5. The van der Waals surface area contributed by atoms with E-state index < -0.39 is 0 Å². The molecule has 1 N–H and O–H groups in total. The second-order valence-corrected chi connectivity index (χ2v) is 3.04. The molecule has 0 aromatic heterocycles. The van der Waals surface area contributed by atoms with E-state index in [9.17, 15) is 4.39 Å². The van der Waals surface area contributed by atoms with E-state index in [1.165, 1.54) is 6.08 Å². The quantitative estimate of drug-likeness (QED) is 0.541. The highest BCUT2D eigenvalue weighted by atomic mass is 19.1. The van der Waals surface area contributed by atoms with Gasteiger partial charge in [0.2, 0.25) is 0 Å². The van der Waals surface area contributed by atoms with Crippen molar-refractivity contribution in [3.63, 3.8) is 0 Å². The van der Waals surface area contributed by atoms with Crippen LogP contribution in [0.2, 0.25) is 0 Å². The number of allylic oxidation sites excluding steroid dienone is 4. The Balaban J connectivity index is 2.95. The molecule has 0 aromatic carbocycles. The van der Waals surface area contributed by atoms with E-state index >= 15 is 0 Å². The first-order valence-electron chi connectivity index (χ1n) is 4.69. The van der Waals surface area contributed by atoms with Gasteiger partial charge in [-0.1, -0.05) is 12.2 Å². The zero-order chi connectivity index (χ0) is 10.4. The minimum atomic E-state index is -0.310. The summed E-state index contributed by atoms with van der Waals surface area (Å²) >= 11 is 0. The molecule has 0 saturated heterocycles. The zero-order valence-corrected chi connectivity index (χ0v) is 8.39. The molecule has 3 heteroatoms. The summed E-state index contributed by atoms with van der Waals surface area (Å²) in [7, 11) is 0. The van der Waals surface area contributed by atoms with Gasteiger partial charge in [0.15, 0.2) is 0 Å². The topological polar surface area (TPSA) is 24.4 Å². The Labute approximate surface area is 83.9 Å². The lowest BCUT2D eigenvalue weighted by Gasteiger charge is -2.14. The average Bonchev–Trinajstić information content (AvgIpc) is 2.21. The summed E-state index contributed by atoms with van der Waals surface area (Å²) in [6, 6.07) is 0. The average molecular weight is 194 g/mol. The molecule has 0 radical (unpaired) electrons. The Kier molecular flexibility index (Phi) is 4.26. The summed E-state index contributed by atoms with van der Waals surface area (Å²) in [5, 5.41) is 3.16. The Hall–Kier alpha value is -1.22. The van der Waals surface area contributed by atoms with E-state index in [0.717, 1.165) is 25.1 Å². The van der Waals surface area contributed by atoms with Gasteiger partial charge in [-0.15, -0.1) is 0 Å². The smallest absolute Gasteiger partial charge is 0.148 e. The van der Waals surface area contributed by atoms with Crippen LogP contribution in [0, 0.1) is 0 Å². The number of hydrogen-bond acceptors (Lipinski definition) is 2. The molecule has 14 heavy (non-hydrogen) atoms. The molecule has 0 fully saturated rings. The molecule has 0 amide bonds. The van der Waals surface area contributed by atoms with Gasteiger partial charge in [0.25, 0.3) is 0 Å². The Morgan fingerprint density at radius 1 is 1.71 bits per heavy atom. The molecule has 0 bridgehead atoms. The van der Waals surface area contributed by atoms with Gasteiger partial charge < -0.3 is 5.32 Å². The first kappa shape index (κ1) is 10.9. The van der Waals surface area contributed by atoms with Gasteiger partial charge >= 0.3 is 0 Å². The molecule has 0 aliphatic carbocycles. The number of hydrogen-bond donors (Lipinski definition) is 1. The third-order valence-electron chi connectivity index (χ3n) is 2.07. The predicted octanol–water partition coefficient (Wildman–Crippen LogP) is 2.36. The van der Waals surface area contributed by atoms with Gasteiger partial charge in [0.1, 0.15) is 11.5 Å². The Bertz CT molecular complexity index is 300. The Morgan fingerprint density at radius 3 is 3.00 bits per heavy atom. The molecule has 1 aliphatic heterocycles. The lowest BCUT2D eigenvalue weighted by atomic mass is 10.1. The summed E-state index contributed by atoms with van der Waals surface area (Å²) in [5.74, 6) is -0.310. The van der Waals surface area contributed by atoms with Gasteiger partial charge in [-0.05, 0) is 38.3 Å². The van der Waals surface area contributed by atoms with Crippen LogP contribution in [0.25, 0.3) is 0 Å². The molecule has 76 valence electrons.